The lowest BCUT2D eigenvalue weighted by atomic mass is 10.2. The van der Waals surface area contributed by atoms with Gasteiger partial charge in [-0.3, -0.25) is 0 Å². The summed E-state index contributed by atoms with van der Waals surface area (Å²) in [6.07, 6.45) is 0.503. The molecule has 0 aromatic heterocycles. The first-order valence-corrected chi connectivity index (χ1v) is 6.62. The van der Waals surface area contributed by atoms with Crippen LogP contribution in [0.3, 0.4) is 0 Å². The van der Waals surface area contributed by atoms with Gasteiger partial charge < -0.3 is 16.4 Å². The lowest BCUT2D eigenvalue weighted by Gasteiger charge is -2.23. The van der Waals surface area contributed by atoms with E-state index >= 15 is 0 Å². The Labute approximate surface area is 150 Å². The van der Waals surface area contributed by atoms with Gasteiger partial charge in [0, 0.05) is 13.1 Å². The van der Waals surface area contributed by atoms with Gasteiger partial charge >= 0.3 is 6.18 Å². The van der Waals surface area contributed by atoms with E-state index in [-0.39, 0.29) is 42.4 Å². The molecule has 10 heteroatoms. The fourth-order valence-corrected chi connectivity index (χ4v) is 1.92. The molecule has 0 amide bonds. The molecule has 0 spiro atoms. The highest BCUT2D eigenvalue weighted by molar-refractivity contribution is 5.94. The Bertz CT molecular complexity index is 612. The molecule has 0 saturated carbocycles. The standard InChI is InChI=1S/C14H16F3N5.2ClH/c15-14(16,17)10-4-6-11(7-5-10)20-12(18)21-13(19)22-8-2-1-3-9-22;;/h1-2,4-7H,3,8-9H2,(H4,18,19,20,21);2*1H. The average molecular weight is 384 g/mol. The van der Waals surface area contributed by atoms with Crippen LogP contribution >= 0.6 is 24.8 Å². The van der Waals surface area contributed by atoms with Crippen molar-refractivity contribution in [1.29, 1.82) is 0 Å². The van der Waals surface area contributed by atoms with Gasteiger partial charge in [-0.05, 0) is 30.7 Å². The summed E-state index contributed by atoms with van der Waals surface area (Å²) in [7, 11) is 0. The second-order valence-electron chi connectivity index (χ2n) is 4.69. The highest BCUT2D eigenvalue weighted by Crippen LogP contribution is 2.30. The van der Waals surface area contributed by atoms with Gasteiger partial charge in [0.05, 0.1) is 11.3 Å². The molecule has 0 radical (unpaired) electrons. The number of guanidine groups is 2. The number of alkyl halides is 3. The van der Waals surface area contributed by atoms with Crippen molar-refractivity contribution in [3.63, 3.8) is 0 Å². The highest BCUT2D eigenvalue weighted by atomic mass is 35.5. The number of halogens is 5. The second kappa shape index (κ2) is 9.39. The predicted octanol–water partition coefficient (Wildman–Crippen LogP) is 3.07. The molecule has 24 heavy (non-hydrogen) atoms. The number of aliphatic imine (C=N–C) groups is 2. The molecule has 5 nitrogen and oxygen atoms in total. The predicted molar refractivity (Wildman–Crippen MR) is 94.2 cm³/mol. The van der Waals surface area contributed by atoms with Gasteiger partial charge in [-0.1, -0.05) is 12.2 Å². The van der Waals surface area contributed by atoms with E-state index in [4.69, 9.17) is 11.5 Å². The van der Waals surface area contributed by atoms with Gasteiger partial charge in [-0.15, -0.1) is 24.8 Å². The fraction of sp³-hybridized carbons (Fsp3) is 0.286. The van der Waals surface area contributed by atoms with E-state index in [9.17, 15) is 13.2 Å². The molecule has 1 aromatic carbocycles. The molecule has 0 bridgehead atoms. The third kappa shape index (κ3) is 6.29. The maximum Gasteiger partial charge on any atom is 0.416 e. The zero-order chi connectivity index (χ0) is 16.2. The minimum atomic E-state index is -4.38. The van der Waals surface area contributed by atoms with Crippen LogP contribution in [-0.2, 0) is 6.18 Å². The van der Waals surface area contributed by atoms with E-state index in [2.05, 4.69) is 9.98 Å². The van der Waals surface area contributed by atoms with Gasteiger partial charge in [0.25, 0.3) is 0 Å². The summed E-state index contributed by atoms with van der Waals surface area (Å²) in [4.78, 5) is 9.72. The minimum Gasteiger partial charge on any atom is -0.369 e. The normalized spacial score (nSPS) is 15.5. The second-order valence-corrected chi connectivity index (χ2v) is 4.69. The third-order valence-corrected chi connectivity index (χ3v) is 3.05. The maximum atomic E-state index is 12.5. The van der Waals surface area contributed by atoms with Crippen LogP contribution in [0.15, 0.2) is 46.4 Å². The SMILES string of the molecule is Cl.Cl.NC(=Nc1ccc(C(F)(F)F)cc1)/N=C(/N)N1CC=CCC1. The zero-order valence-electron chi connectivity index (χ0n) is 12.5. The van der Waals surface area contributed by atoms with Crippen LogP contribution in [0.5, 0.6) is 0 Å². The lowest BCUT2D eigenvalue weighted by Crippen LogP contribution is -2.40. The lowest BCUT2D eigenvalue weighted by molar-refractivity contribution is -0.137. The van der Waals surface area contributed by atoms with Crippen LogP contribution in [0.1, 0.15) is 12.0 Å². The summed E-state index contributed by atoms with van der Waals surface area (Å²) in [6.45, 7) is 1.38. The smallest absolute Gasteiger partial charge is 0.369 e. The number of rotatable bonds is 1. The molecule has 1 heterocycles. The Morgan fingerprint density at radius 1 is 1.04 bits per heavy atom. The Hall–Kier alpha value is -1.93. The van der Waals surface area contributed by atoms with Crippen LogP contribution < -0.4 is 11.5 Å². The quantitative estimate of drug-likeness (QED) is 0.444. The van der Waals surface area contributed by atoms with Crippen molar-refractivity contribution in [2.24, 2.45) is 21.5 Å². The summed E-state index contributed by atoms with van der Waals surface area (Å²) >= 11 is 0. The Morgan fingerprint density at radius 2 is 1.67 bits per heavy atom. The molecule has 1 aliphatic rings. The average Bonchev–Trinajstić information content (AvgIpc) is 2.47. The van der Waals surface area contributed by atoms with E-state index in [1.165, 1.54) is 12.1 Å². The molecule has 0 unspecified atom stereocenters. The maximum absolute atomic E-state index is 12.5. The topological polar surface area (TPSA) is 80.0 Å². The Kier molecular flexibility index (Phi) is 8.63. The van der Waals surface area contributed by atoms with Crippen molar-refractivity contribution in [2.45, 2.75) is 12.6 Å². The molecular formula is C14H18Cl2F3N5. The monoisotopic (exact) mass is 383 g/mol. The largest absolute Gasteiger partial charge is 0.416 e. The number of hydrogen-bond acceptors (Lipinski definition) is 1. The first-order valence-electron chi connectivity index (χ1n) is 6.62. The van der Waals surface area contributed by atoms with E-state index < -0.39 is 11.7 Å². The van der Waals surface area contributed by atoms with Crippen molar-refractivity contribution in [1.82, 2.24) is 4.90 Å². The van der Waals surface area contributed by atoms with Crippen molar-refractivity contribution in [3.8, 4) is 0 Å². The number of hydrogen-bond donors (Lipinski definition) is 2. The van der Waals surface area contributed by atoms with Crippen LogP contribution in [0.25, 0.3) is 0 Å². The van der Waals surface area contributed by atoms with Crippen molar-refractivity contribution in [2.75, 3.05) is 13.1 Å². The van der Waals surface area contributed by atoms with Crippen LogP contribution in [-0.4, -0.2) is 29.9 Å². The number of benzene rings is 1. The number of nitrogens with two attached hydrogens (primary N) is 2. The summed E-state index contributed by atoms with van der Waals surface area (Å²) in [6, 6.07) is 4.33. The van der Waals surface area contributed by atoms with Crippen molar-refractivity contribution in [3.05, 3.63) is 42.0 Å². The molecule has 1 aliphatic heterocycles. The van der Waals surface area contributed by atoms with Gasteiger partial charge in [-0.2, -0.15) is 18.2 Å². The first-order chi connectivity index (χ1) is 10.4. The van der Waals surface area contributed by atoms with Gasteiger partial charge in [-0.25, -0.2) is 4.99 Å². The van der Waals surface area contributed by atoms with Crippen LogP contribution in [0.4, 0.5) is 18.9 Å². The van der Waals surface area contributed by atoms with Crippen LogP contribution in [0.2, 0.25) is 0 Å². The molecule has 1 aromatic rings. The van der Waals surface area contributed by atoms with E-state index in [1.54, 1.807) is 0 Å². The molecule has 4 N–H and O–H groups in total. The van der Waals surface area contributed by atoms with E-state index in [1.807, 2.05) is 17.1 Å². The van der Waals surface area contributed by atoms with E-state index in [0.29, 0.717) is 6.54 Å². The Balaban J connectivity index is 0.00000264. The third-order valence-electron chi connectivity index (χ3n) is 3.05. The molecule has 2 rings (SSSR count). The van der Waals surface area contributed by atoms with Gasteiger partial charge in [0.2, 0.25) is 5.96 Å². The van der Waals surface area contributed by atoms with Gasteiger partial charge in [0.15, 0.2) is 5.96 Å². The molecule has 0 saturated heterocycles. The summed E-state index contributed by atoms with van der Waals surface area (Å²) in [5.74, 6) is 0.129. The molecule has 0 atom stereocenters. The van der Waals surface area contributed by atoms with Crippen LogP contribution in [0, 0.1) is 0 Å². The highest BCUT2D eigenvalue weighted by Gasteiger charge is 2.29. The zero-order valence-corrected chi connectivity index (χ0v) is 14.2. The van der Waals surface area contributed by atoms with Gasteiger partial charge in [0.1, 0.15) is 0 Å². The van der Waals surface area contributed by atoms with E-state index in [0.717, 1.165) is 25.1 Å². The minimum absolute atomic E-state index is 0. The van der Waals surface area contributed by atoms with Crippen molar-refractivity contribution < 1.29 is 13.2 Å². The van der Waals surface area contributed by atoms with Crippen molar-refractivity contribution >= 4 is 42.4 Å². The molecule has 0 aliphatic carbocycles. The summed E-state index contributed by atoms with van der Waals surface area (Å²) < 4.78 is 37.4. The fourth-order valence-electron chi connectivity index (χ4n) is 1.92. The molecular weight excluding hydrogens is 366 g/mol. The number of nitrogens with zero attached hydrogens (tertiary/aromatic N) is 3. The summed E-state index contributed by atoms with van der Waals surface area (Å²) in [5.41, 5.74) is 11.0. The molecule has 134 valence electrons. The Morgan fingerprint density at radius 3 is 2.17 bits per heavy atom. The summed E-state index contributed by atoms with van der Waals surface area (Å²) in [5, 5.41) is 0. The molecule has 0 fully saturated rings. The first kappa shape index (κ1) is 22.1.